The van der Waals surface area contributed by atoms with E-state index in [4.69, 9.17) is 0 Å². The van der Waals surface area contributed by atoms with E-state index in [0.717, 1.165) is 12.8 Å². The van der Waals surface area contributed by atoms with Gasteiger partial charge >= 0.3 is 0 Å². The Bertz CT molecular complexity index is 456. The SMILES string of the molecule is CC(=O)Nc1c2c(cc3c1CCCC3)CCCC2. The zero-order valence-corrected chi connectivity index (χ0v) is 11.1. The highest BCUT2D eigenvalue weighted by molar-refractivity contribution is 5.91. The van der Waals surface area contributed by atoms with Crippen molar-refractivity contribution in [3.05, 3.63) is 28.3 Å². The van der Waals surface area contributed by atoms with E-state index in [9.17, 15) is 4.79 Å². The number of benzene rings is 1. The number of carbonyl (C=O) groups excluding carboxylic acids is 1. The van der Waals surface area contributed by atoms with Crippen LogP contribution in [-0.4, -0.2) is 5.91 Å². The topological polar surface area (TPSA) is 29.1 Å². The molecule has 0 atom stereocenters. The third-order valence-corrected chi connectivity index (χ3v) is 4.27. The van der Waals surface area contributed by atoms with Gasteiger partial charge in [-0.05, 0) is 73.6 Å². The number of amides is 1. The summed E-state index contributed by atoms with van der Waals surface area (Å²) in [6, 6.07) is 2.42. The molecule has 0 spiro atoms. The normalized spacial score (nSPS) is 17.8. The van der Waals surface area contributed by atoms with E-state index in [0.29, 0.717) is 0 Å². The third-order valence-electron chi connectivity index (χ3n) is 4.27. The first kappa shape index (κ1) is 11.8. The molecular formula is C16H21NO. The van der Waals surface area contributed by atoms with Crippen LogP contribution in [0, 0.1) is 0 Å². The van der Waals surface area contributed by atoms with E-state index in [1.165, 1.54) is 66.5 Å². The van der Waals surface area contributed by atoms with Gasteiger partial charge in [-0.25, -0.2) is 0 Å². The van der Waals surface area contributed by atoms with Crippen LogP contribution >= 0.6 is 0 Å². The summed E-state index contributed by atoms with van der Waals surface area (Å²) in [6.07, 6.45) is 9.77. The van der Waals surface area contributed by atoms with Crippen molar-refractivity contribution in [2.45, 2.75) is 58.3 Å². The quantitative estimate of drug-likeness (QED) is 0.804. The maximum Gasteiger partial charge on any atom is 0.221 e. The molecule has 96 valence electrons. The second-order valence-electron chi connectivity index (χ2n) is 5.62. The predicted octanol–water partition coefficient (Wildman–Crippen LogP) is 3.40. The fourth-order valence-electron chi connectivity index (χ4n) is 3.47. The molecule has 0 saturated carbocycles. The van der Waals surface area contributed by atoms with Gasteiger partial charge in [-0.1, -0.05) is 6.07 Å². The summed E-state index contributed by atoms with van der Waals surface area (Å²) in [4.78, 5) is 11.5. The molecular weight excluding hydrogens is 222 g/mol. The maximum atomic E-state index is 11.5. The lowest BCUT2D eigenvalue weighted by molar-refractivity contribution is -0.114. The molecule has 2 aliphatic carbocycles. The van der Waals surface area contributed by atoms with Crippen molar-refractivity contribution in [1.29, 1.82) is 0 Å². The summed E-state index contributed by atoms with van der Waals surface area (Å²) in [5.74, 6) is 0.0711. The van der Waals surface area contributed by atoms with E-state index in [2.05, 4.69) is 11.4 Å². The monoisotopic (exact) mass is 243 g/mol. The van der Waals surface area contributed by atoms with E-state index >= 15 is 0 Å². The molecule has 0 fully saturated rings. The molecule has 0 radical (unpaired) electrons. The molecule has 1 N–H and O–H groups in total. The number of rotatable bonds is 1. The molecule has 1 amide bonds. The van der Waals surface area contributed by atoms with Crippen LogP contribution in [-0.2, 0) is 30.5 Å². The van der Waals surface area contributed by atoms with Gasteiger partial charge in [0.1, 0.15) is 0 Å². The minimum atomic E-state index is 0.0711. The Morgan fingerprint density at radius 1 is 0.944 bits per heavy atom. The number of anilines is 1. The molecule has 1 aromatic carbocycles. The Balaban J connectivity index is 2.13. The average molecular weight is 243 g/mol. The first-order valence-electron chi connectivity index (χ1n) is 7.20. The van der Waals surface area contributed by atoms with Gasteiger partial charge in [0.05, 0.1) is 0 Å². The Kier molecular flexibility index (Phi) is 3.11. The lowest BCUT2D eigenvalue weighted by atomic mass is 9.81. The molecule has 2 aliphatic rings. The predicted molar refractivity (Wildman–Crippen MR) is 74.0 cm³/mol. The van der Waals surface area contributed by atoms with Crippen LogP contribution in [0.25, 0.3) is 0 Å². The number of hydrogen-bond acceptors (Lipinski definition) is 1. The Morgan fingerprint density at radius 3 is 1.94 bits per heavy atom. The van der Waals surface area contributed by atoms with Crippen molar-refractivity contribution in [3.63, 3.8) is 0 Å². The zero-order chi connectivity index (χ0) is 12.5. The van der Waals surface area contributed by atoms with Gasteiger partial charge in [0, 0.05) is 12.6 Å². The van der Waals surface area contributed by atoms with Crippen molar-refractivity contribution in [3.8, 4) is 0 Å². The Labute approximate surface area is 109 Å². The van der Waals surface area contributed by atoms with Crippen LogP contribution < -0.4 is 5.32 Å². The van der Waals surface area contributed by atoms with Crippen LogP contribution in [0.2, 0.25) is 0 Å². The summed E-state index contributed by atoms with van der Waals surface area (Å²) in [7, 11) is 0. The van der Waals surface area contributed by atoms with Gasteiger partial charge in [-0.2, -0.15) is 0 Å². The van der Waals surface area contributed by atoms with E-state index in [1.54, 1.807) is 6.92 Å². The van der Waals surface area contributed by atoms with Crippen LogP contribution in [0.3, 0.4) is 0 Å². The van der Waals surface area contributed by atoms with Crippen LogP contribution in [0.5, 0.6) is 0 Å². The summed E-state index contributed by atoms with van der Waals surface area (Å²) < 4.78 is 0. The van der Waals surface area contributed by atoms with Gasteiger partial charge < -0.3 is 5.32 Å². The van der Waals surface area contributed by atoms with Crippen molar-refractivity contribution in [2.24, 2.45) is 0 Å². The fourth-order valence-corrected chi connectivity index (χ4v) is 3.47. The lowest BCUT2D eigenvalue weighted by Crippen LogP contribution is -2.17. The number of nitrogens with one attached hydrogen (secondary N) is 1. The van der Waals surface area contributed by atoms with Crippen molar-refractivity contribution < 1.29 is 4.79 Å². The van der Waals surface area contributed by atoms with Crippen molar-refractivity contribution >= 4 is 11.6 Å². The minimum Gasteiger partial charge on any atom is -0.326 e. The standard InChI is InChI=1S/C16H21NO/c1-11(18)17-16-14-8-4-2-6-12(14)10-13-7-3-5-9-15(13)16/h10H,2-9H2,1H3,(H,17,18). The van der Waals surface area contributed by atoms with Crippen LogP contribution in [0.4, 0.5) is 5.69 Å². The van der Waals surface area contributed by atoms with Crippen molar-refractivity contribution in [1.82, 2.24) is 0 Å². The molecule has 0 unspecified atom stereocenters. The van der Waals surface area contributed by atoms with E-state index in [1.807, 2.05) is 0 Å². The van der Waals surface area contributed by atoms with Gasteiger partial charge in [0.25, 0.3) is 0 Å². The first-order chi connectivity index (χ1) is 8.75. The van der Waals surface area contributed by atoms with Crippen LogP contribution in [0.15, 0.2) is 6.07 Å². The fraction of sp³-hybridized carbons (Fsp3) is 0.562. The van der Waals surface area contributed by atoms with Gasteiger partial charge in [0.15, 0.2) is 0 Å². The summed E-state index contributed by atoms with van der Waals surface area (Å²) in [6.45, 7) is 1.62. The van der Waals surface area contributed by atoms with Crippen LogP contribution in [0.1, 0.15) is 54.9 Å². The van der Waals surface area contributed by atoms with Crippen molar-refractivity contribution in [2.75, 3.05) is 5.32 Å². The molecule has 0 bridgehead atoms. The van der Waals surface area contributed by atoms with Gasteiger partial charge in [-0.15, -0.1) is 0 Å². The number of hydrogen-bond donors (Lipinski definition) is 1. The van der Waals surface area contributed by atoms with E-state index in [-0.39, 0.29) is 5.91 Å². The molecule has 2 heteroatoms. The summed E-state index contributed by atoms with van der Waals surface area (Å²) in [5, 5.41) is 3.12. The largest absolute Gasteiger partial charge is 0.326 e. The minimum absolute atomic E-state index is 0.0711. The van der Waals surface area contributed by atoms with E-state index < -0.39 is 0 Å². The Hall–Kier alpha value is -1.31. The third kappa shape index (κ3) is 2.05. The molecule has 2 nitrogen and oxygen atoms in total. The molecule has 3 rings (SSSR count). The average Bonchev–Trinajstić information content (AvgIpc) is 2.38. The zero-order valence-electron chi connectivity index (χ0n) is 11.1. The summed E-state index contributed by atoms with van der Waals surface area (Å²) in [5.41, 5.74) is 7.01. The highest BCUT2D eigenvalue weighted by Crippen LogP contribution is 2.37. The molecule has 1 aromatic rings. The highest BCUT2D eigenvalue weighted by atomic mass is 16.1. The van der Waals surface area contributed by atoms with Gasteiger partial charge in [0.2, 0.25) is 5.91 Å². The molecule has 0 heterocycles. The Morgan fingerprint density at radius 2 is 1.44 bits per heavy atom. The summed E-state index contributed by atoms with van der Waals surface area (Å²) >= 11 is 0. The number of carbonyl (C=O) groups is 1. The number of fused-ring (bicyclic) bond motifs is 2. The highest BCUT2D eigenvalue weighted by Gasteiger charge is 2.22. The molecule has 18 heavy (non-hydrogen) atoms. The molecule has 0 saturated heterocycles. The molecule has 0 aromatic heterocycles. The number of aryl methyl sites for hydroxylation is 2. The second-order valence-corrected chi connectivity index (χ2v) is 5.62. The second kappa shape index (κ2) is 4.75. The maximum absolute atomic E-state index is 11.5. The lowest BCUT2D eigenvalue weighted by Gasteiger charge is -2.27. The first-order valence-corrected chi connectivity index (χ1v) is 7.20. The van der Waals surface area contributed by atoms with Gasteiger partial charge in [-0.3, -0.25) is 4.79 Å². The smallest absolute Gasteiger partial charge is 0.221 e. The molecule has 0 aliphatic heterocycles.